The van der Waals surface area contributed by atoms with Crippen LogP contribution in [0.25, 0.3) is 0 Å². The molecule has 15 heavy (non-hydrogen) atoms. The first-order valence-electron chi connectivity index (χ1n) is 5.91. The Bertz CT molecular complexity index is 327. The average molecular weight is 204 g/mol. The SMILES string of the molecule is Cc1ncccc1C1(CN)CCCCC1. The third kappa shape index (κ3) is 1.91. The van der Waals surface area contributed by atoms with Crippen LogP contribution in [0.5, 0.6) is 0 Å². The number of aromatic nitrogens is 1. The van der Waals surface area contributed by atoms with Gasteiger partial charge < -0.3 is 5.73 Å². The zero-order valence-corrected chi connectivity index (χ0v) is 9.50. The summed E-state index contributed by atoms with van der Waals surface area (Å²) in [4.78, 5) is 4.39. The molecule has 1 aromatic rings. The number of nitrogens with two attached hydrogens (primary N) is 1. The van der Waals surface area contributed by atoms with E-state index in [2.05, 4.69) is 18.0 Å². The van der Waals surface area contributed by atoms with Gasteiger partial charge in [-0.2, -0.15) is 0 Å². The lowest BCUT2D eigenvalue weighted by atomic mass is 9.69. The quantitative estimate of drug-likeness (QED) is 0.804. The molecular weight excluding hydrogens is 184 g/mol. The normalized spacial score (nSPS) is 20.1. The number of aryl methyl sites for hydroxylation is 1. The van der Waals surface area contributed by atoms with Crippen molar-refractivity contribution in [3.05, 3.63) is 29.6 Å². The first-order valence-corrected chi connectivity index (χ1v) is 5.91. The molecule has 0 aromatic carbocycles. The topological polar surface area (TPSA) is 38.9 Å². The van der Waals surface area contributed by atoms with Crippen molar-refractivity contribution in [1.82, 2.24) is 4.98 Å². The Morgan fingerprint density at radius 2 is 2.07 bits per heavy atom. The molecule has 0 spiro atoms. The molecule has 82 valence electrons. The minimum Gasteiger partial charge on any atom is -0.330 e. The lowest BCUT2D eigenvalue weighted by Crippen LogP contribution is -2.37. The molecule has 1 aromatic heterocycles. The van der Waals surface area contributed by atoms with E-state index in [0.29, 0.717) is 0 Å². The van der Waals surface area contributed by atoms with E-state index < -0.39 is 0 Å². The summed E-state index contributed by atoms with van der Waals surface area (Å²) in [7, 11) is 0. The van der Waals surface area contributed by atoms with E-state index in [1.54, 1.807) is 0 Å². The standard InChI is InChI=1S/C13H20N2/c1-11-12(6-5-9-15-11)13(10-14)7-3-2-4-8-13/h5-6,9H,2-4,7-8,10,14H2,1H3. The van der Waals surface area contributed by atoms with Crippen molar-refractivity contribution in [3.8, 4) is 0 Å². The maximum absolute atomic E-state index is 6.01. The largest absolute Gasteiger partial charge is 0.330 e. The first kappa shape index (κ1) is 10.6. The molecule has 0 amide bonds. The molecule has 1 saturated carbocycles. The molecule has 2 N–H and O–H groups in total. The maximum atomic E-state index is 6.01. The molecule has 0 unspecified atom stereocenters. The fraction of sp³-hybridized carbons (Fsp3) is 0.615. The average Bonchev–Trinajstić information content (AvgIpc) is 2.30. The number of hydrogen-bond acceptors (Lipinski definition) is 2. The smallest absolute Gasteiger partial charge is 0.0410 e. The third-order valence-electron chi connectivity index (χ3n) is 3.78. The van der Waals surface area contributed by atoms with Gasteiger partial charge in [-0.25, -0.2) is 0 Å². The van der Waals surface area contributed by atoms with Crippen LogP contribution in [-0.2, 0) is 5.41 Å². The highest BCUT2D eigenvalue weighted by atomic mass is 14.7. The molecule has 2 heteroatoms. The van der Waals surface area contributed by atoms with Gasteiger partial charge >= 0.3 is 0 Å². The van der Waals surface area contributed by atoms with Crippen LogP contribution in [0.2, 0.25) is 0 Å². The summed E-state index contributed by atoms with van der Waals surface area (Å²) in [5, 5.41) is 0. The molecule has 1 fully saturated rings. The minimum atomic E-state index is 0.219. The Hall–Kier alpha value is -0.890. The molecule has 0 aliphatic heterocycles. The van der Waals surface area contributed by atoms with Crippen molar-refractivity contribution in [2.24, 2.45) is 5.73 Å². The molecule has 0 saturated heterocycles. The summed E-state index contributed by atoms with van der Waals surface area (Å²) in [6, 6.07) is 4.24. The van der Waals surface area contributed by atoms with Crippen LogP contribution in [0, 0.1) is 6.92 Å². The van der Waals surface area contributed by atoms with E-state index in [-0.39, 0.29) is 5.41 Å². The van der Waals surface area contributed by atoms with Crippen molar-refractivity contribution in [2.75, 3.05) is 6.54 Å². The first-order chi connectivity index (χ1) is 7.28. The molecular formula is C13H20N2. The number of hydrogen-bond donors (Lipinski definition) is 1. The van der Waals surface area contributed by atoms with Gasteiger partial charge in [0.1, 0.15) is 0 Å². The lowest BCUT2D eigenvalue weighted by molar-refractivity contribution is 0.299. The fourth-order valence-electron chi connectivity index (χ4n) is 2.86. The van der Waals surface area contributed by atoms with Crippen molar-refractivity contribution >= 4 is 0 Å². The Morgan fingerprint density at radius 3 is 2.67 bits per heavy atom. The van der Waals surface area contributed by atoms with Gasteiger partial charge in [-0.1, -0.05) is 25.3 Å². The van der Waals surface area contributed by atoms with Gasteiger partial charge in [-0.3, -0.25) is 4.98 Å². The Balaban J connectivity index is 2.36. The molecule has 2 nitrogen and oxygen atoms in total. The van der Waals surface area contributed by atoms with Crippen LogP contribution < -0.4 is 5.73 Å². The van der Waals surface area contributed by atoms with E-state index in [4.69, 9.17) is 5.73 Å². The highest BCUT2D eigenvalue weighted by molar-refractivity contribution is 5.29. The molecule has 2 rings (SSSR count). The monoisotopic (exact) mass is 204 g/mol. The zero-order chi connectivity index (χ0) is 10.7. The molecule has 1 heterocycles. The van der Waals surface area contributed by atoms with Gasteiger partial charge in [0.05, 0.1) is 0 Å². The van der Waals surface area contributed by atoms with Crippen LogP contribution in [0.3, 0.4) is 0 Å². The predicted octanol–water partition coefficient (Wildman–Crippen LogP) is 2.55. The Labute approximate surface area is 91.9 Å². The number of nitrogens with zero attached hydrogens (tertiary/aromatic N) is 1. The molecule has 0 bridgehead atoms. The minimum absolute atomic E-state index is 0.219. The second-order valence-corrected chi connectivity index (χ2v) is 4.68. The van der Waals surface area contributed by atoms with Gasteiger partial charge in [0.2, 0.25) is 0 Å². The van der Waals surface area contributed by atoms with Crippen LogP contribution in [0.1, 0.15) is 43.4 Å². The van der Waals surface area contributed by atoms with Gasteiger partial charge in [-0.05, 0) is 31.4 Å². The summed E-state index contributed by atoms with van der Waals surface area (Å²) in [5.41, 5.74) is 8.77. The molecule has 0 atom stereocenters. The van der Waals surface area contributed by atoms with E-state index in [1.165, 1.54) is 37.7 Å². The van der Waals surface area contributed by atoms with Gasteiger partial charge in [0.25, 0.3) is 0 Å². The second kappa shape index (κ2) is 4.31. The van der Waals surface area contributed by atoms with Crippen molar-refractivity contribution < 1.29 is 0 Å². The van der Waals surface area contributed by atoms with E-state index >= 15 is 0 Å². The summed E-state index contributed by atoms with van der Waals surface area (Å²) < 4.78 is 0. The second-order valence-electron chi connectivity index (χ2n) is 4.68. The van der Waals surface area contributed by atoms with Crippen LogP contribution in [0.15, 0.2) is 18.3 Å². The fourth-order valence-corrected chi connectivity index (χ4v) is 2.86. The van der Waals surface area contributed by atoms with Crippen molar-refractivity contribution in [2.45, 2.75) is 44.4 Å². The maximum Gasteiger partial charge on any atom is 0.0410 e. The van der Waals surface area contributed by atoms with Crippen LogP contribution in [0.4, 0.5) is 0 Å². The van der Waals surface area contributed by atoms with Crippen molar-refractivity contribution in [3.63, 3.8) is 0 Å². The van der Waals surface area contributed by atoms with E-state index in [0.717, 1.165) is 12.2 Å². The van der Waals surface area contributed by atoms with Crippen LogP contribution >= 0.6 is 0 Å². The summed E-state index contributed by atoms with van der Waals surface area (Å²) in [6.07, 6.45) is 8.32. The van der Waals surface area contributed by atoms with Crippen molar-refractivity contribution in [1.29, 1.82) is 0 Å². The van der Waals surface area contributed by atoms with E-state index in [1.807, 2.05) is 12.3 Å². The van der Waals surface area contributed by atoms with Gasteiger partial charge in [-0.15, -0.1) is 0 Å². The zero-order valence-electron chi connectivity index (χ0n) is 9.50. The lowest BCUT2D eigenvalue weighted by Gasteiger charge is -2.37. The highest BCUT2D eigenvalue weighted by Gasteiger charge is 2.33. The van der Waals surface area contributed by atoms with Gasteiger partial charge in [0, 0.05) is 23.9 Å². The number of pyridine rings is 1. The van der Waals surface area contributed by atoms with Crippen LogP contribution in [-0.4, -0.2) is 11.5 Å². The predicted molar refractivity (Wildman–Crippen MR) is 62.8 cm³/mol. The highest BCUT2D eigenvalue weighted by Crippen LogP contribution is 2.39. The molecule has 1 aliphatic rings. The Morgan fingerprint density at radius 1 is 1.33 bits per heavy atom. The Kier molecular flexibility index (Phi) is 3.06. The molecule has 1 aliphatic carbocycles. The van der Waals surface area contributed by atoms with Gasteiger partial charge in [0.15, 0.2) is 0 Å². The summed E-state index contributed by atoms with van der Waals surface area (Å²) in [6.45, 7) is 2.86. The summed E-state index contributed by atoms with van der Waals surface area (Å²) in [5.74, 6) is 0. The number of rotatable bonds is 2. The molecule has 0 radical (unpaired) electrons. The summed E-state index contributed by atoms with van der Waals surface area (Å²) >= 11 is 0. The third-order valence-corrected chi connectivity index (χ3v) is 3.78. The van der Waals surface area contributed by atoms with E-state index in [9.17, 15) is 0 Å².